The maximum absolute atomic E-state index is 3.88. The van der Waals surface area contributed by atoms with Gasteiger partial charge in [0.2, 0.25) is 0 Å². The van der Waals surface area contributed by atoms with Crippen LogP contribution in [0.2, 0.25) is 0 Å². The minimum atomic E-state index is 0.707. The highest BCUT2D eigenvalue weighted by molar-refractivity contribution is 5.05. The molecule has 17 heavy (non-hydrogen) atoms. The Balaban J connectivity index is 1.75. The van der Waals surface area contributed by atoms with Crippen LogP contribution in [0.5, 0.6) is 0 Å². The minimum Gasteiger partial charge on any atom is -0.313 e. The smallest absolute Gasteiger partial charge is 0.0121 e. The molecule has 1 nitrogen and oxygen atoms in total. The first-order valence-corrected chi connectivity index (χ1v) is 7.99. The highest BCUT2D eigenvalue weighted by atomic mass is 14.9. The average molecular weight is 235 g/mol. The molecule has 4 aliphatic rings. The molecular weight excluding hydrogens is 206 g/mol. The fraction of sp³-hybridized carbons (Fsp3) is 1.00. The summed E-state index contributed by atoms with van der Waals surface area (Å²) in [7, 11) is 0. The molecule has 1 N–H and O–H groups in total. The molecule has 4 bridgehead atoms. The predicted molar refractivity (Wildman–Crippen MR) is 73.0 cm³/mol. The zero-order valence-corrected chi connectivity index (χ0v) is 11.7. The van der Waals surface area contributed by atoms with Gasteiger partial charge in [-0.15, -0.1) is 0 Å². The second kappa shape index (κ2) is 4.57. The maximum atomic E-state index is 3.88. The molecule has 1 atom stereocenters. The minimum absolute atomic E-state index is 0.707. The molecule has 0 aromatic heterocycles. The van der Waals surface area contributed by atoms with Crippen LogP contribution in [-0.2, 0) is 0 Å². The first kappa shape index (κ1) is 12.0. The Labute approximate surface area is 107 Å². The van der Waals surface area contributed by atoms with Crippen LogP contribution in [-0.4, -0.2) is 12.6 Å². The first-order chi connectivity index (χ1) is 8.25. The SMILES string of the molecule is CCCNC(CC)C12CC3CC(CC(C3)C1)C2. The molecule has 98 valence electrons. The lowest BCUT2D eigenvalue weighted by Crippen LogP contribution is -2.55. The first-order valence-electron chi connectivity index (χ1n) is 7.99. The molecule has 4 fully saturated rings. The van der Waals surface area contributed by atoms with Crippen LogP contribution in [0, 0.1) is 23.2 Å². The van der Waals surface area contributed by atoms with Gasteiger partial charge >= 0.3 is 0 Å². The molecule has 0 radical (unpaired) electrons. The fourth-order valence-electron chi connectivity index (χ4n) is 5.72. The van der Waals surface area contributed by atoms with E-state index in [0.29, 0.717) is 5.41 Å². The number of nitrogens with one attached hydrogen (secondary N) is 1. The van der Waals surface area contributed by atoms with Crippen molar-refractivity contribution in [1.29, 1.82) is 0 Å². The maximum Gasteiger partial charge on any atom is 0.0121 e. The summed E-state index contributed by atoms with van der Waals surface area (Å²) in [6, 6.07) is 0.816. The van der Waals surface area contributed by atoms with Gasteiger partial charge < -0.3 is 5.32 Å². The molecule has 0 aromatic rings. The third kappa shape index (κ3) is 2.05. The monoisotopic (exact) mass is 235 g/mol. The zero-order valence-electron chi connectivity index (χ0n) is 11.7. The predicted octanol–water partition coefficient (Wildman–Crippen LogP) is 3.98. The Morgan fingerprint density at radius 3 is 1.94 bits per heavy atom. The van der Waals surface area contributed by atoms with Crippen molar-refractivity contribution in [1.82, 2.24) is 5.32 Å². The molecule has 1 unspecified atom stereocenters. The van der Waals surface area contributed by atoms with E-state index < -0.39 is 0 Å². The van der Waals surface area contributed by atoms with Gasteiger partial charge in [0.25, 0.3) is 0 Å². The molecule has 0 saturated heterocycles. The van der Waals surface area contributed by atoms with Crippen LogP contribution in [0.4, 0.5) is 0 Å². The van der Waals surface area contributed by atoms with Gasteiger partial charge in [0, 0.05) is 6.04 Å². The van der Waals surface area contributed by atoms with Crippen molar-refractivity contribution in [3.05, 3.63) is 0 Å². The van der Waals surface area contributed by atoms with Crippen molar-refractivity contribution in [2.24, 2.45) is 23.2 Å². The lowest BCUT2D eigenvalue weighted by Gasteiger charge is -2.59. The van der Waals surface area contributed by atoms with Crippen LogP contribution in [0.1, 0.15) is 65.2 Å². The second-order valence-electron chi connectivity index (χ2n) is 7.19. The largest absolute Gasteiger partial charge is 0.313 e. The van der Waals surface area contributed by atoms with Gasteiger partial charge in [0.15, 0.2) is 0 Å². The van der Waals surface area contributed by atoms with Gasteiger partial charge in [0.1, 0.15) is 0 Å². The number of rotatable bonds is 5. The van der Waals surface area contributed by atoms with Crippen LogP contribution in [0.15, 0.2) is 0 Å². The van der Waals surface area contributed by atoms with E-state index in [9.17, 15) is 0 Å². The molecule has 1 heteroatoms. The van der Waals surface area contributed by atoms with Crippen molar-refractivity contribution in [2.45, 2.75) is 71.3 Å². The summed E-state index contributed by atoms with van der Waals surface area (Å²) in [6.07, 6.45) is 12.0. The summed E-state index contributed by atoms with van der Waals surface area (Å²) in [5, 5.41) is 3.88. The quantitative estimate of drug-likeness (QED) is 0.760. The van der Waals surface area contributed by atoms with E-state index >= 15 is 0 Å². The molecule has 0 spiro atoms. The molecule has 0 aromatic carbocycles. The van der Waals surface area contributed by atoms with Crippen LogP contribution in [0.25, 0.3) is 0 Å². The Bertz CT molecular complexity index is 235. The zero-order chi connectivity index (χ0) is 11.9. The summed E-state index contributed by atoms with van der Waals surface area (Å²) in [4.78, 5) is 0. The van der Waals surface area contributed by atoms with Gasteiger partial charge in [-0.1, -0.05) is 13.8 Å². The summed E-state index contributed by atoms with van der Waals surface area (Å²) in [5.41, 5.74) is 0.707. The summed E-state index contributed by atoms with van der Waals surface area (Å²) in [6.45, 7) is 5.91. The standard InChI is InChI=1S/C16H29N/c1-3-5-17-15(4-2)16-9-12-6-13(10-16)8-14(7-12)11-16/h12-15,17H,3-11H2,1-2H3. The van der Waals surface area contributed by atoms with Crippen LogP contribution >= 0.6 is 0 Å². The molecular formula is C16H29N. The summed E-state index contributed by atoms with van der Waals surface area (Å²) in [5.74, 6) is 3.29. The van der Waals surface area contributed by atoms with Gasteiger partial charge in [-0.05, 0) is 81.1 Å². The van der Waals surface area contributed by atoms with Crippen molar-refractivity contribution in [3.63, 3.8) is 0 Å². The number of hydrogen-bond donors (Lipinski definition) is 1. The Kier molecular flexibility index (Phi) is 3.23. The second-order valence-corrected chi connectivity index (χ2v) is 7.19. The van der Waals surface area contributed by atoms with Crippen molar-refractivity contribution in [3.8, 4) is 0 Å². The van der Waals surface area contributed by atoms with Gasteiger partial charge in [-0.3, -0.25) is 0 Å². The van der Waals surface area contributed by atoms with E-state index in [1.807, 2.05) is 0 Å². The molecule has 4 aliphatic carbocycles. The van der Waals surface area contributed by atoms with Gasteiger partial charge in [0.05, 0.1) is 0 Å². The Morgan fingerprint density at radius 1 is 1.00 bits per heavy atom. The summed E-state index contributed by atoms with van der Waals surface area (Å²) >= 11 is 0. The average Bonchev–Trinajstić information content (AvgIpc) is 2.27. The van der Waals surface area contributed by atoms with Gasteiger partial charge in [-0.2, -0.15) is 0 Å². The normalized spacial score (nSPS) is 45.2. The van der Waals surface area contributed by atoms with E-state index in [1.54, 1.807) is 38.5 Å². The van der Waals surface area contributed by atoms with Crippen molar-refractivity contribution >= 4 is 0 Å². The Hall–Kier alpha value is -0.0400. The fourth-order valence-corrected chi connectivity index (χ4v) is 5.72. The van der Waals surface area contributed by atoms with Crippen LogP contribution < -0.4 is 5.32 Å². The molecule has 4 rings (SSSR count). The van der Waals surface area contributed by atoms with Gasteiger partial charge in [-0.25, -0.2) is 0 Å². The highest BCUT2D eigenvalue weighted by Gasteiger charge is 2.53. The summed E-state index contributed by atoms with van der Waals surface area (Å²) < 4.78 is 0. The molecule has 0 amide bonds. The third-order valence-corrected chi connectivity index (χ3v) is 5.87. The topological polar surface area (TPSA) is 12.0 Å². The molecule has 4 saturated carbocycles. The molecule has 0 aliphatic heterocycles. The van der Waals surface area contributed by atoms with E-state index in [-0.39, 0.29) is 0 Å². The Morgan fingerprint density at radius 2 is 1.53 bits per heavy atom. The lowest BCUT2D eigenvalue weighted by molar-refractivity contribution is -0.0743. The van der Waals surface area contributed by atoms with Crippen LogP contribution in [0.3, 0.4) is 0 Å². The van der Waals surface area contributed by atoms with Crippen molar-refractivity contribution in [2.75, 3.05) is 6.54 Å². The van der Waals surface area contributed by atoms with E-state index in [0.717, 1.165) is 23.8 Å². The van der Waals surface area contributed by atoms with E-state index in [2.05, 4.69) is 19.2 Å². The number of hydrogen-bond acceptors (Lipinski definition) is 1. The van der Waals surface area contributed by atoms with Crippen molar-refractivity contribution < 1.29 is 0 Å². The van der Waals surface area contributed by atoms with E-state index in [4.69, 9.17) is 0 Å². The third-order valence-electron chi connectivity index (χ3n) is 5.87. The lowest BCUT2D eigenvalue weighted by atomic mass is 9.47. The highest BCUT2D eigenvalue weighted by Crippen LogP contribution is 2.61. The molecule has 0 heterocycles. The van der Waals surface area contributed by atoms with E-state index in [1.165, 1.54) is 19.4 Å².